The second-order valence-corrected chi connectivity index (χ2v) is 6.82. The number of hydrogen-bond donors (Lipinski definition) is 1. The lowest BCUT2D eigenvalue weighted by molar-refractivity contribution is 0.278. The molecule has 8 nitrogen and oxygen atoms in total. The van der Waals surface area contributed by atoms with E-state index >= 15 is 0 Å². The summed E-state index contributed by atoms with van der Waals surface area (Å²) < 4.78 is 1.64. The number of anilines is 1. The molecule has 1 aliphatic heterocycles. The minimum Gasteiger partial charge on any atom is -0.347 e. The number of rotatable bonds is 3. The molecule has 0 amide bonds. The van der Waals surface area contributed by atoms with Crippen molar-refractivity contribution >= 4 is 27.5 Å². The zero-order valence-electron chi connectivity index (χ0n) is 13.5. The summed E-state index contributed by atoms with van der Waals surface area (Å²) in [6.45, 7) is 4.49. The molecule has 24 heavy (non-hydrogen) atoms. The molecule has 4 rings (SSSR count). The minimum atomic E-state index is -0.123. The van der Waals surface area contributed by atoms with Crippen LogP contribution < -0.4 is 10.5 Å². The van der Waals surface area contributed by atoms with Gasteiger partial charge >= 0.3 is 0 Å². The van der Waals surface area contributed by atoms with E-state index in [9.17, 15) is 4.79 Å². The Balaban J connectivity index is 1.49. The van der Waals surface area contributed by atoms with E-state index in [4.69, 9.17) is 0 Å². The zero-order chi connectivity index (χ0) is 16.5. The Morgan fingerprint density at radius 1 is 1.29 bits per heavy atom. The molecule has 9 heteroatoms. The fourth-order valence-electron chi connectivity index (χ4n) is 3.06. The highest BCUT2D eigenvalue weighted by atomic mass is 32.1. The molecule has 0 spiro atoms. The molecule has 1 saturated heterocycles. The molecule has 0 atom stereocenters. The second-order valence-electron chi connectivity index (χ2n) is 5.95. The molecule has 4 heterocycles. The zero-order valence-corrected chi connectivity index (χ0v) is 14.3. The molecule has 0 bridgehead atoms. The van der Waals surface area contributed by atoms with Crippen molar-refractivity contribution in [2.75, 3.05) is 31.1 Å². The molecule has 0 aromatic carbocycles. The summed E-state index contributed by atoms with van der Waals surface area (Å²) in [5, 5.41) is 7.73. The molecule has 126 valence electrons. The van der Waals surface area contributed by atoms with Crippen molar-refractivity contribution in [3.05, 3.63) is 34.0 Å². The van der Waals surface area contributed by atoms with Crippen LogP contribution in [-0.4, -0.2) is 55.8 Å². The van der Waals surface area contributed by atoms with Crippen molar-refractivity contribution in [3.8, 4) is 0 Å². The van der Waals surface area contributed by atoms with E-state index < -0.39 is 0 Å². The molecule has 1 fully saturated rings. The van der Waals surface area contributed by atoms with E-state index in [1.807, 2.05) is 11.6 Å². The van der Waals surface area contributed by atoms with Gasteiger partial charge in [0.05, 0.1) is 12.7 Å². The third-order valence-electron chi connectivity index (χ3n) is 4.30. The number of aromatic nitrogens is 5. The van der Waals surface area contributed by atoms with E-state index in [1.54, 1.807) is 29.3 Å². The van der Waals surface area contributed by atoms with Gasteiger partial charge in [0.1, 0.15) is 11.2 Å². The van der Waals surface area contributed by atoms with Gasteiger partial charge in [0.25, 0.3) is 5.56 Å². The molecule has 3 aromatic heterocycles. The highest BCUT2D eigenvalue weighted by Gasteiger charge is 2.18. The first-order valence-electron chi connectivity index (χ1n) is 7.98. The second kappa shape index (κ2) is 6.33. The van der Waals surface area contributed by atoms with Crippen molar-refractivity contribution in [1.82, 2.24) is 29.6 Å². The van der Waals surface area contributed by atoms with Gasteiger partial charge < -0.3 is 9.88 Å². The van der Waals surface area contributed by atoms with Crippen LogP contribution in [0.5, 0.6) is 0 Å². The van der Waals surface area contributed by atoms with Gasteiger partial charge in [-0.15, -0.1) is 11.3 Å². The maximum Gasteiger partial charge on any atom is 0.262 e. The summed E-state index contributed by atoms with van der Waals surface area (Å²) in [6.07, 6.45) is 4.47. The number of fused-ring (bicyclic) bond motifs is 1. The first-order valence-corrected chi connectivity index (χ1v) is 8.86. The van der Waals surface area contributed by atoms with Gasteiger partial charge in [-0.1, -0.05) is 0 Å². The Hall–Kier alpha value is -2.26. The first kappa shape index (κ1) is 15.3. The molecule has 1 N–H and O–H groups in total. The number of hydrogen-bond acceptors (Lipinski definition) is 7. The first-order chi connectivity index (χ1) is 11.7. The average molecular weight is 345 g/mol. The van der Waals surface area contributed by atoms with Gasteiger partial charge in [-0.25, -0.2) is 9.97 Å². The van der Waals surface area contributed by atoms with Crippen LogP contribution in [0.2, 0.25) is 0 Å². The minimum absolute atomic E-state index is 0.123. The summed E-state index contributed by atoms with van der Waals surface area (Å²) in [5.41, 5.74) is 0.510. The predicted molar refractivity (Wildman–Crippen MR) is 93.4 cm³/mol. The quantitative estimate of drug-likeness (QED) is 0.757. The molecular formula is C15H19N7OS. The van der Waals surface area contributed by atoms with E-state index in [0.717, 1.165) is 37.7 Å². The highest BCUT2D eigenvalue weighted by Crippen LogP contribution is 2.19. The lowest BCUT2D eigenvalue weighted by atomic mass is 10.3. The van der Waals surface area contributed by atoms with Gasteiger partial charge in [0.2, 0.25) is 0 Å². The summed E-state index contributed by atoms with van der Waals surface area (Å²) in [7, 11) is 1.80. The molecule has 0 saturated carbocycles. The monoisotopic (exact) mass is 345 g/mol. The summed E-state index contributed by atoms with van der Waals surface area (Å²) in [6, 6.07) is 0. The van der Waals surface area contributed by atoms with Crippen LogP contribution in [0.15, 0.2) is 22.6 Å². The van der Waals surface area contributed by atoms with Crippen molar-refractivity contribution in [2.24, 2.45) is 7.05 Å². The largest absolute Gasteiger partial charge is 0.347 e. The summed E-state index contributed by atoms with van der Waals surface area (Å²) in [4.78, 5) is 28.6. The fourth-order valence-corrected chi connectivity index (χ4v) is 3.75. The molecule has 1 aliphatic rings. The van der Waals surface area contributed by atoms with Gasteiger partial charge in [0, 0.05) is 44.8 Å². The topological polar surface area (TPSA) is 82.9 Å². The van der Waals surface area contributed by atoms with Crippen molar-refractivity contribution in [2.45, 2.75) is 13.0 Å². The third-order valence-corrected chi connectivity index (χ3v) is 5.13. The number of H-pyrrole nitrogens is 1. The van der Waals surface area contributed by atoms with Crippen LogP contribution in [0, 0.1) is 0 Å². The van der Waals surface area contributed by atoms with Crippen LogP contribution >= 0.6 is 11.3 Å². The average Bonchev–Trinajstić information content (AvgIpc) is 3.16. The number of nitrogens with zero attached hydrogens (tertiary/aromatic N) is 6. The smallest absolute Gasteiger partial charge is 0.262 e. The maximum atomic E-state index is 12.1. The highest BCUT2D eigenvalue weighted by molar-refractivity contribution is 7.13. The number of aromatic amines is 1. The van der Waals surface area contributed by atoms with E-state index in [-0.39, 0.29) is 5.56 Å². The summed E-state index contributed by atoms with van der Waals surface area (Å²) in [5.74, 6) is 0.693. The van der Waals surface area contributed by atoms with Crippen molar-refractivity contribution in [3.63, 3.8) is 0 Å². The summed E-state index contributed by atoms with van der Waals surface area (Å²) >= 11 is 1.68. The van der Waals surface area contributed by atoms with Crippen LogP contribution in [0.4, 0.5) is 5.13 Å². The van der Waals surface area contributed by atoms with Crippen molar-refractivity contribution in [1.29, 1.82) is 0 Å². The van der Waals surface area contributed by atoms with Crippen molar-refractivity contribution < 1.29 is 0 Å². The third kappa shape index (κ3) is 2.92. The lowest BCUT2D eigenvalue weighted by Gasteiger charge is -2.21. The molecule has 0 radical (unpaired) electrons. The van der Waals surface area contributed by atoms with Gasteiger partial charge in [-0.2, -0.15) is 5.10 Å². The Labute approximate surface area is 142 Å². The fraction of sp³-hybridized carbons (Fsp3) is 0.467. The number of nitrogens with one attached hydrogen (secondary N) is 1. The molecule has 3 aromatic rings. The molecule has 0 unspecified atom stereocenters. The van der Waals surface area contributed by atoms with Crippen LogP contribution in [0.1, 0.15) is 12.2 Å². The molecular weight excluding hydrogens is 326 g/mol. The van der Waals surface area contributed by atoms with Crippen LogP contribution in [0.3, 0.4) is 0 Å². The van der Waals surface area contributed by atoms with E-state index in [0.29, 0.717) is 23.4 Å². The Morgan fingerprint density at radius 2 is 2.21 bits per heavy atom. The maximum absolute atomic E-state index is 12.1. The van der Waals surface area contributed by atoms with E-state index in [2.05, 4.69) is 29.9 Å². The molecule has 0 aliphatic carbocycles. The standard InChI is InChI=1S/C15H19N7OS/c1-20-13-11(9-17-20)14(23)19-12(18-13)10-21-4-2-5-22(7-6-21)15-16-3-8-24-15/h3,8-9H,2,4-7,10H2,1H3,(H,18,19,23). The normalized spacial score (nSPS) is 16.6. The number of aryl methyl sites for hydroxylation is 1. The Kier molecular flexibility index (Phi) is 4.03. The van der Waals surface area contributed by atoms with Crippen LogP contribution in [-0.2, 0) is 13.6 Å². The SMILES string of the molecule is Cn1ncc2c(=O)[nH]c(CN3CCCN(c4nccs4)CC3)nc21. The van der Waals surface area contributed by atoms with Gasteiger partial charge in [-0.05, 0) is 6.42 Å². The van der Waals surface area contributed by atoms with E-state index in [1.165, 1.54) is 0 Å². The van der Waals surface area contributed by atoms with Gasteiger partial charge in [0.15, 0.2) is 10.8 Å². The van der Waals surface area contributed by atoms with Crippen LogP contribution in [0.25, 0.3) is 11.0 Å². The van der Waals surface area contributed by atoms with Gasteiger partial charge in [-0.3, -0.25) is 14.4 Å². The lowest BCUT2D eigenvalue weighted by Crippen LogP contribution is -2.31. The number of thiazole rings is 1. The Bertz CT molecular complexity index is 885. The Morgan fingerprint density at radius 3 is 3.04 bits per heavy atom. The predicted octanol–water partition coefficient (Wildman–Crippen LogP) is 0.825.